The highest BCUT2D eigenvalue weighted by Gasteiger charge is 2.46. The molecule has 20 heavy (non-hydrogen) atoms. The van der Waals surface area contributed by atoms with Crippen LogP contribution in [-0.2, 0) is 6.42 Å². The smallest absolute Gasteiger partial charge is 0.115 e. The highest BCUT2D eigenvalue weighted by molar-refractivity contribution is 5.27. The van der Waals surface area contributed by atoms with Crippen molar-refractivity contribution in [3.8, 4) is 5.75 Å². The first-order valence-electron chi connectivity index (χ1n) is 7.83. The molecule has 1 saturated carbocycles. The van der Waals surface area contributed by atoms with Crippen LogP contribution in [0.5, 0.6) is 5.75 Å². The van der Waals surface area contributed by atoms with E-state index in [1.807, 2.05) is 0 Å². The second-order valence-corrected chi connectivity index (χ2v) is 7.21. The van der Waals surface area contributed by atoms with Gasteiger partial charge in [0.25, 0.3) is 0 Å². The van der Waals surface area contributed by atoms with Crippen LogP contribution in [0.2, 0.25) is 0 Å². The number of aromatic hydroxyl groups is 1. The maximum atomic E-state index is 9.43. The van der Waals surface area contributed by atoms with E-state index in [2.05, 4.69) is 45.0 Å². The van der Waals surface area contributed by atoms with Crippen molar-refractivity contribution in [2.45, 2.75) is 57.9 Å². The summed E-state index contributed by atoms with van der Waals surface area (Å²) >= 11 is 0. The average molecular weight is 275 g/mol. The molecule has 0 radical (unpaired) electrons. The Morgan fingerprint density at radius 1 is 1.05 bits per heavy atom. The van der Waals surface area contributed by atoms with Crippen molar-refractivity contribution in [3.05, 3.63) is 29.8 Å². The van der Waals surface area contributed by atoms with Gasteiger partial charge < -0.3 is 10.0 Å². The molecule has 1 fully saturated rings. The van der Waals surface area contributed by atoms with E-state index < -0.39 is 0 Å². The first kappa shape index (κ1) is 15.4. The van der Waals surface area contributed by atoms with Crippen molar-refractivity contribution < 1.29 is 5.11 Å². The van der Waals surface area contributed by atoms with Gasteiger partial charge in [-0.05, 0) is 56.5 Å². The molecule has 0 unspecified atom stereocenters. The highest BCUT2D eigenvalue weighted by atomic mass is 16.3. The van der Waals surface area contributed by atoms with Gasteiger partial charge in [0.05, 0.1) is 0 Å². The Labute approximate surface area is 123 Å². The molecule has 1 aliphatic carbocycles. The third kappa shape index (κ3) is 2.85. The van der Waals surface area contributed by atoms with E-state index in [-0.39, 0.29) is 5.41 Å². The lowest BCUT2D eigenvalue weighted by Gasteiger charge is -2.54. The summed E-state index contributed by atoms with van der Waals surface area (Å²) in [4.78, 5) is 2.46. The molecule has 0 spiro atoms. The van der Waals surface area contributed by atoms with Gasteiger partial charge in [0.15, 0.2) is 0 Å². The number of phenols is 1. The summed E-state index contributed by atoms with van der Waals surface area (Å²) in [6.45, 7) is 4.82. The zero-order chi connectivity index (χ0) is 14.8. The van der Waals surface area contributed by atoms with Gasteiger partial charge in [-0.25, -0.2) is 0 Å². The molecular weight excluding hydrogens is 246 g/mol. The fourth-order valence-electron chi connectivity index (χ4n) is 4.15. The molecular formula is C18H29NO. The minimum atomic E-state index is 0.230. The number of hydrogen-bond acceptors (Lipinski definition) is 2. The van der Waals surface area contributed by atoms with Gasteiger partial charge in [-0.1, -0.05) is 45.2 Å². The van der Waals surface area contributed by atoms with E-state index in [9.17, 15) is 5.11 Å². The maximum absolute atomic E-state index is 9.43. The van der Waals surface area contributed by atoms with Gasteiger partial charge >= 0.3 is 0 Å². The van der Waals surface area contributed by atoms with Crippen LogP contribution >= 0.6 is 0 Å². The van der Waals surface area contributed by atoms with Gasteiger partial charge in [-0.15, -0.1) is 0 Å². The van der Waals surface area contributed by atoms with E-state index in [0.717, 1.165) is 6.42 Å². The van der Waals surface area contributed by atoms with Crippen LogP contribution in [0.1, 0.15) is 51.5 Å². The van der Waals surface area contributed by atoms with Gasteiger partial charge in [-0.3, -0.25) is 0 Å². The summed E-state index contributed by atoms with van der Waals surface area (Å²) in [5.74, 6) is 0.353. The standard InChI is InChI=1S/C18H29NO/c1-17(2,14-15-8-10-16(20)11-9-15)18(19(3)4)12-6-5-7-13-18/h8-11,20H,5-7,12-14H2,1-4H3. The quantitative estimate of drug-likeness (QED) is 0.889. The fraction of sp³-hybridized carbons (Fsp3) is 0.667. The van der Waals surface area contributed by atoms with Gasteiger partial charge in [0.1, 0.15) is 5.75 Å². The molecule has 0 amide bonds. The topological polar surface area (TPSA) is 23.5 Å². The molecule has 0 aliphatic heterocycles. The normalized spacial score (nSPS) is 19.2. The van der Waals surface area contributed by atoms with Crippen molar-refractivity contribution in [2.24, 2.45) is 5.41 Å². The number of benzene rings is 1. The Kier molecular flexibility index (Phi) is 4.43. The second kappa shape index (κ2) is 5.77. The minimum Gasteiger partial charge on any atom is -0.508 e. The van der Waals surface area contributed by atoms with E-state index >= 15 is 0 Å². The van der Waals surface area contributed by atoms with Gasteiger partial charge in [0, 0.05) is 5.54 Å². The zero-order valence-corrected chi connectivity index (χ0v) is 13.4. The lowest BCUT2D eigenvalue weighted by Crippen LogP contribution is -2.57. The van der Waals surface area contributed by atoms with Crippen LogP contribution in [-0.4, -0.2) is 29.6 Å². The molecule has 2 nitrogen and oxygen atoms in total. The van der Waals surface area contributed by atoms with E-state index in [4.69, 9.17) is 0 Å². The van der Waals surface area contributed by atoms with Crippen LogP contribution in [0.15, 0.2) is 24.3 Å². The molecule has 0 heterocycles. The molecule has 1 aromatic carbocycles. The molecule has 1 aromatic rings. The van der Waals surface area contributed by atoms with Crippen molar-refractivity contribution in [3.63, 3.8) is 0 Å². The summed E-state index contributed by atoms with van der Waals surface area (Å²) in [5, 5.41) is 9.43. The van der Waals surface area contributed by atoms with E-state index in [0.29, 0.717) is 11.3 Å². The summed E-state index contributed by atoms with van der Waals surface area (Å²) < 4.78 is 0. The highest BCUT2D eigenvalue weighted by Crippen LogP contribution is 2.47. The summed E-state index contributed by atoms with van der Waals surface area (Å²) in [6.07, 6.45) is 7.72. The number of nitrogens with zero attached hydrogens (tertiary/aromatic N) is 1. The molecule has 0 saturated heterocycles. The van der Waals surface area contributed by atoms with Crippen molar-refractivity contribution in [2.75, 3.05) is 14.1 Å². The van der Waals surface area contributed by atoms with Crippen molar-refractivity contribution >= 4 is 0 Å². The monoisotopic (exact) mass is 275 g/mol. The van der Waals surface area contributed by atoms with Crippen LogP contribution in [0.25, 0.3) is 0 Å². The van der Waals surface area contributed by atoms with Crippen molar-refractivity contribution in [1.29, 1.82) is 0 Å². The molecule has 0 aromatic heterocycles. The maximum Gasteiger partial charge on any atom is 0.115 e. The van der Waals surface area contributed by atoms with Crippen LogP contribution < -0.4 is 0 Å². The first-order chi connectivity index (χ1) is 9.37. The summed E-state index contributed by atoms with van der Waals surface area (Å²) in [6, 6.07) is 7.72. The molecule has 1 aliphatic rings. The third-order valence-electron chi connectivity index (χ3n) is 5.38. The number of hydrogen-bond donors (Lipinski definition) is 1. The lowest BCUT2D eigenvalue weighted by molar-refractivity contribution is -0.0153. The molecule has 2 heteroatoms. The van der Waals surface area contributed by atoms with Gasteiger partial charge in [-0.2, -0.15) is 0 Å². The fourth-order valence-corrected chi connectivity index (χ4v) is 4.15. The van der Waals surface area contributed by atoms with E-state index in [1.54, 1.807) is 12.1 Å². The number of rotatable bonds is 4. The minimum absolute atomic E-state index is 0.230. The predicted molar refractivity (Wildman–Crippen MR) is 85.1 cm³/mol. The Hall–Kier alpha value is -1.02. The Morgan fingerprint density at radius 3 is 2.10 bits per heavy atom. The predicted octanol–water partition coefficient (Wildman–Crippen LogP) is 4.23. The lowest BCUT2D eigenvalue weighted by atomic mass is 9.61. The summed E-state index contributed by atoms with van der Waals surface area (Å²) in [7, 11) is 4.48. The van der Waals surface area contributed by atoms with E-state index in [1.165, 1.54) is 37.7 Å². The number of phenolic OH excluding ortho intramolecular Hbond substituents is 1. The second-order valence-electron chi connectivity index (χ2n) is 7.21. The first-order valence-corrected chi connectivity index (χ1v) is 7.83. The third-order valence-corrected chi connectivity index (χ3v) is 5.38. The Bertz CT molecular complexity index is 427. The molecule has 112 valence electrons. The van der Waals surface area contributed by atoms with Crippen LogP contribution in [0.3, 0.4) is 0 Å². The molecule has 0 bridgehead atoms. The molecule has 0 atom stereocenters. The van der Waals surface area contributed by atoms with Crippen LogP contribution in [0.4, 0.5) is 0 Å². The largest absolute Gasteiger partial charge is 0.508 e. The Morgan fingerprint density at radius 2 is 1.60 bits per heavy atom. The van der Waals surface area contributed by atoms with Crippen LogP contribution in [0, 0.1) is 5.41 Å². The average Bonchev–Trinajstić information content (AvgIpc) is 2.41. The zero-order valence-electron chi connectivity index (χ0n) is 13.4. The Balaban J connectivity index is 2.24. The molecule has 2 rings (SSSR count). The van der Waals surface area contributed by atoms with Gasteiger partial charge in [0.2, 0.25) is 0 Å². The van der Waals surface area contributed by atoms with Crippen molar-refractivity contribution in [1.82, 2.24) is 4.90 Å². The summed E-state index contributed by atoms with van der Waals surface area (Å²) in [5.41, 5.74) is 1.84. The molecule has 1 N–H and O–H groups in total. The SMILES string of the molecule is CN(C)C1(C(C)(C)Cc2ccc(O)cc2)CCCCC1.